The lowest BCUT2D eigenvalue weighted by Gasteiger charge is -2.27. The van der Waals surface area contributed by atoms with Crippen LogP contribution in [-0.4, -0.2) is 0 Å². The average Bonchev–Trinajstić information content (AvgIpc) is 3.90. The lowest BCUT2D eigenvalue weighted by molar-refractivity contribution is 0.670. The number of nitrogens with zero attached hydrogens (tertiary/aromatic N) is 1. The number of para-hydroxylation sites is 1. The molecule has 0 saturated heterocycles. The summed E-state index contributed by atoms with van der Waals surface area (Å²) in [6.07, 6.45) is 0. The van der Waals surface area contributed by atoms with E-state index in [0.29, 0.717) is 0 Å². The highest BCUT2D eigenvalue weighted by molar-refractivity contribution is 7.26. The second-order valence-electron chi connectivity index (χ2n) is 13.2. The van der Waals surface area contributed by atoms with Gasteiger partial charge in [-0.2, -0.15) is 0 Å². The third-order valence-electron chi connectivity index (χ3n) is 10.3. The molecule has 11 aromatic rings. The Hall–Kier alpha value is -6.20. The third kappa shape index (κ3) is 4.55. The Bertz CT molecular complexity index is 3130. The molecule has 0 unspecified atom stereocenters. The monoisotopic (exact) mass is 699 g/mol. The van der Waals surface area contributed by atoms with Gasteiger partial charge >= 0.3 is 0 Å². The zero-order valence-corrected chi connectivity index (χ0v) is 29.5. The molecule has 3 aromatic heterocycles. The van der Waals surface area contributed by atoms with E-state index in [1.807, 2.05) is 22.7 Å². The third-order valence-corrected chi connectivity index (χ3v) is 12.6. The molecule has 244 valence electrons. The van der Waals surface area contributed by atoms with Gasteiger partial charge in [0.15, 0.2) is 0 Å². The Morgan fingerprint density at radius 2 is 1.04 bits per heavy atom. The quantitative estimate of drug-likeness (QED) is 0.178. The fourth-order valence-corrected chi connectivity index (χ4v) is 10.3. The molecule has 0 spiro atoms. The first-order chi connectivity index (χ1) is 25.8. The molecule has 0 radical (unpaired) electrons. The number of thiophene rings is 2. The van der Waals surface area contributed by atoms with Crippen molar-refractivity contribution in [2.24, 2.45) is 0 Å². The van der Waals surface area contributed by atoms with Gasteiger partial charge in [0, 0.05) is 68.1 Å². The minimum atomic E-state index is 0.882. The minimum absolute atomic E-state index is 0.882. The first-order valence-electron chi connectivity index (χ1n) is 17.5. The lowest BCUT2D eigenvalue weighted by Crippen LogP contribution is -2.10. The van der Waals surface area contributed by atoms with Gasteiger partial charge in [0.1, 0.15) is 11.2 Å². The highest BCUT2D eigenvalue weighted by atomic mass is 32.1. The van der Waals surface area contributed by atoms with Crippen LogP contribution in [0.2, 0.25) is 0 Å². The van der Waals surface area contributed by atoms with E-state index in [1.54, 1.807) is 0 Å². The van der Waals surface area contributed by atoms with Crippen molar-refractivity contribution in [3.63, 3.8) is 0 Å². The number of hydrogen-bond acceptors (Lipinski definition) is 4. The van der Waals surface area contributed by atoms with E-state index in [9.17, 15) is 0 Å². The molecule has 0 amide bonds. The molecule has 52 heavy (non-hydrogen) atoms. The van der Waals surface area contributed by atoms with Gasteiger partial charge in [-0.05, 0) is 65.2 Å². The Morgan fingerprint density at radius 1 is 0.404 bits per heavy atom. The van der Waals surface area contributed by atoms with Crippen molar-refractivity contribution < 1.29 is 4.42 Å². The number of benzene rings is 8. The summed E-state index contributed by atoms with van der Waals surface area (Å²) in [6, 6.07) is 63.6. The van der Waals surface area contributed by atoms with Crippen LogP contribution in [0.1, 0.15) is 0 Å². The van der Waals surface area contributed by atoms with Crippen LogP contribution in [-0.2, 0) is 0 Å². The van der Waals surface area contributed by atoms with E-state index in [4.69, 9.17) is 4.42 Å². The fraction of sp³-hybridized carbons (Fsp3) is 0. The van der Waals surface area contributed by atoms with Gasteiger partial charge in [-0.3, -0.25) is 0 Å². The number of fused-ring (bicyclic) bond motifs is 9. The summed E-state index contributed by atoms with van der Waals surface area (Å²) < 4.78 is 11.8. The fourth-order valence-electron chi connectivity index (χ4n) is 7.89. The summed E-state index contributed by atoms with van der Waals surface area (Å²) in [5.74, 6) is 0. The van der Waals surface area contributed by atoms with Crippen LogP contribution in [0.25, 0.3) is 84.5 Å². The van der Waals surface area contributed by atoms with Crippen molar-refractivity contribution in [1.29, 1.82) is 0 Å². The van der Waals surface area contributed by atoms with Crippen LogP contribution in [0, 0.1) is 0 Å². The van der Waals surface area contributed by atoms with E-state index < -0.39 is 0 Å². The smallest absolute Gasteiger partial charge is 0.143 e. The SMILES string of the molecule is c1ccc(-c2cccc3c2oc2ccc(N(c4ccc5c(c4)sc4ccccc45)c4ccc(-c5ccccc5)c5sc6ccccc6c45)cc23)cc1. The Balaban J connectivity index is 1.20. The van der Waals surface area contributed by atoms with Crippen molar-refractivity contribution in [3.8, 4) is 22.3 Å². The number of rotatable bonds is 5. The van der Waals surface area contributed by atoms with Gasteiger partial charge in [0.05, 0.1) is 5.69 Å². The summed E-state index contributed by atoms with van der Waals surface area (Å²) in [7, 11) is 0. The van der Waals surface area contributed by atoms with Crippen molar-refractivity contribution in [3.05, 3.63) is 176 Å². The Morgan fingerprint density at radius 3 is 1.85 bits per heavy atom. The van der Waals surface area contributed by atoms with E-state index in [0.717, 1.165) is 50.1 Å². The maximum Gasteiger partial charge on any atom is 0.143 e. The van der Waals surface area contributed by atoms with Crippen molar-refractivity contribution in [1.82, 2.24) is 0 Å². The molecule has 0 N–H and O–H groups in total. The van der Waals surface area contributed by atoms with Crippen LogP contribution in [0.15, 0.2) is 180 Å². The maximum absolute atomic E-state index is 6.64. The van der Waals surface area contributed by atoms with Gasteiger partial charge in [0.2, 0.25) is 0 Å². The summed E-state index contributed by atoms with van der Waals surface area (Å²) >= 11 is 3.73. The van der Waals surface area contributed by atoms with Gasteiger partial charge in [-0.15, -0.1) is 22.7 Å². The average molecular weight is 700 g/mol. The molecule has 0 bridgehead atoms. The van der Waals surface area contributed by atoms with Gasteiger partial charge in [-0.25, -0.2) is 0 Å². The topological polar surface area (TPSA) is 16.4 Å². The lowest BCUT2D eigenvalue weighted by atomic mass is 9.99. The highest BCUT2D eigenvalue weighted by Crippen LogP contribution is 2.50. The van der Waals surface area contributed by atoms with Crippen molar-refractivity contribution in [2.45, 2.75) is 0 Å². The van der Waals surface area contributed by atoms with Crippen LogP contribution >= 0.6 is 22.7 Å². The predicted molar refractivity (Wildman–Crippen MR) is 225 cm³/mol. The summed E-state index contributed by atoms with van der Waals surface area (Å²) in [5, 5.41) is 7.35. The molecule has 0 aliphatic heterocycles. The summed E-state index contributed by atoms with van der Waals surface area (Å²) in [4.78, 5) is 2.46. The molecule has 2 nitrogen and oxygen atoms in total. The predicted octanol–water partition coefficient (Wildman–Crippen LogP) is 15.1. The molecule has 0 atom stereocenters. The summed E-state index contributed by atoms with van der Waals surface area (Å²) in [5.41, 5.74) is 9.90. The van der Waals surface area contributed by atoms with E-state index in [1.165, 1.54) is 51.5 Å². The molecular weight excluding hydrogens is 671 g/mol. The molecule has 8 aromatic carbocycles. The first-order valence-corrected chi connectivity index (χ1v) is 19.1. The van der Waals surface area contributed by atoms with E-state index in [2.05, 4.69) is 181 Å². The molecular formula is C48H29NOS2. The molecule has 0 aliphatic carbocycles. The normalized spacial score (nSPS) is 11.8. The molecule has 3 heterocycles. The number of anilines is 3. The van der Waals surface area contributed by atoms with Gasteiger partial charge in [0.25, 0.3) is 0 Å². The molecule has 0 aliphatic rings. The molecule has 11 rings (SSSR count). The minimum Gasteiger partial charge on any atom is -0.455 e. The van der Waals surface area contributed by atoms with Gasteiger partial charge in [-0.1, -0.05) is 127 Å². The molecule has 4 heteroatoms. The zero-order valence-electron chi connectivity index (χ0n) is 27.9. The van der Waals surface area contributed by atoms with Crippen molar-refractivity contribution in [2.75, 3.05) is 4.90 Å². The number of hydrogen-bond donors (Lipinski definition) is 0. The molecule has 0 fully saturated rings. The maximum atomic E-state index is 6.64. The number of furan rings is 1. The van der Waals surface area contributed by atoms with Crippen LogP contribution in [0.3, 0.4) is 0 Å². The second kappa shape index (κ2) is 11.7. The second-order valence-corrected chi connectivity index (χ2v) is 15.4. The largest absolute Gasteiger partial charge is 0.455 e. The Labute approximate surface area is 308 Å². The van der Waals surface area contributed by atoms with E-state index >= 15 is 0 Å². The summed E-state index contributed by atoms with van der Waals surface area (Å²) in [6.45, 7) is 0. The molecule has 0 saturated carbocycles. The van der Waals surface area contributed by atoms with Crippen LogP contribution < -0.4 is 4.90 Å². The van der Waals surface area contributed by atoms with Gasteiger partial charge < -0.3 is 9.32 Å². The van der Waals surface area contributed by atoms with Crippen molar-refractivity contribution >= 4 is 102 Å². The van der Waals surface area contributed by atoms with Crippen LogP contribution in [0.5, 0.6) is 0 Å². The highest BCUT2D eigenvalue weighted by Gasteiger charge is 2.23. The zero-order chi connectivity index (χ0) is 34.2. The standard InChI is InChI=1S/C48H29NOS2/c1-3-12-30(13-4-1)34-18-11-19-38-40-28-32(23-27-42(40)50-47(34)38)49(33-22-24-37-36-16-7-9-20-43(36)51-45(37)29-33)41-26-25-35(31-14-5-2-6-15-31)48-46(41)39-17-8-10-21-44(39)52-48/h1-29H. The van der Waals surface area contributed by atoms with E-state index in [-0.39, 0.29) is 0 Å². The first kappa shape index (κ1) is 29.5. The Kier molecular flexibility index (Phi) is 6.63. The van der Waals surface area contributed by atoms with Crippen LogP contribution in [0.4, 0.5) is 17.1 Å².